The number of carbonyl (C=O) groups is 1. The van der Waals surface area contributed by atoms with Crippen LogP contribution in [0.5, 0.6) is 0 Å². The van der Waals surface area contributed by atoms with Crippen molar-refractivity contribution in [2.75, 3.05) is 0 Å². The minimum absolute atomic E-state index is 0.0549. The van der Waals surface area contributed by atoms with Gasteiger partial charge in [-0.05, 0) is 30.7 Å². The van der Waals surface area contributed by atoms with E-state index < -0.39 is 0 Å². The molecule has 0 amide bonds. The molecule has 0 N–H and O–H groups in total. The van der Waals surface area contributed by atoms with Gasteiger partial charge in [0.1, 0.15) is 0 Å². The van der Waals surface area contributed by atoms with E-state index in [1.54, 1.807) is 0 Å². The number of aliphatic imine (C=N–C) groups is 1. The molecule has 0 unspecified atom stereocenters. The standard InChI is InChI=1S/C18H23NO/c1-12(13-8-6-5-7-9-13)19-15-14-10-11-18(4,16(15)20)17(14,2)3/h5-9,12,14H,10-11H2,1-4H3/t12-,14-,18+/m1/s1. The van der Waals surface area contributed by atoms with Gasteiger partial charge in [-0.2, -0.15) is 0 Å². The molecule has 0 aromatic heterocycles. The minimum atomic E-state index is -0.201. The van der Waals surface area contributed by atoms with Crippen molar-refractivity contribution in [3.05, 3.63) is 35.9 Å². The fraction of sp³-hybridized carbons (Fsp3) is 0.556. The minimum Gasteiger partial charge on any atom is -0.292 e. The molecule has 2 heteroatoms. The third kappa shape index (κ3) is 1.63. The number of carbonyl (C=O) groups excluding carboxylic acids is 1. The highest BCUT2D eigenvalue weighted by Gasteiger charge is 2.64. The second kappa shape index (κ2) is 4.28. The largest absolute Gasteiger partial charge is 0.292 e. The lowest BCUT2D eigenvalue weighted by Gasteiger charge is -2.31. The van der Waals surface area contributed by atoms with Gasteiger partial charge in [-0.25, -0.2) is 0 Å². The van der Waals surface area contributed by atoms with Crippen molar-refractivity contribution in [1.29, 1.82) is 0 Å². The number of Topliss-reactive ketones (excluding diaryl/α,β-unsaturated/α-hetero) is 1. The number of fused-ring (bicyclic) bond motifs is 2. The normalized spacial score (nSPS) is 34.7. The molecule has 0 spiro atoms. The number of rotatable bonds is 2. The van der Waals surface area contributed by atoms with Gasteiger partial charge in [0.2, 0.25) is 0 Å². The molecule has 2 fully saturated rings. The Bertz CT molecular complexity index is 572. The fourth-order valence-corrected chi connectivity index (χ4v) is 3.99. The van der Waals surface area contributed by atoms with Crippen molar-refractivity contribution in [2.24, 2.45) is 21.7 Å². The summed E-state index contributed by atoms with van der Waals surface area (Å²) in [5.41, 5.74) is 1.88. The number of hydrogen-bond acceptors (Lipinski definition) is 2. The molecule has 2 aliphatic carbocycles. The Hall–Kier alpha value is -1.44. The highest BCUT2D eigenvalue weighted by atomic mass is 16.1. The number of ketones is 1. The second-order valence-corrected chi connectivity index (χ2v) is 7.08. The molecule has 3 rings (SSSR count). The van der Waals surface area contributed by atoms with E-state index in [9.17, 15) is 4.79 Å². The van der Waals surface area contributed by atoms with E-state index in [0.717, 1.165) is 18.6 Å². The summed E-state index contributed by atoms with van der Waals surface area (Å²) in [6.07, 6.45) is 2.12. The zero-order valence-corrected chi connectivity index (χ0v) is 12.8. The fourth-order valence-electron chi connectivity index (χ4n) is 3.99. The zero-order valence-electron chi connectivity index (χ0n) is 12.8. The number of nitrogens with zero attached hydrogens (tertiary/aromatic N) is 1. The van der Waals surface area contributed by atoms with Crippen LogP contribution < -0.4 is 0 Å². The lowest BCUT2D eigenvalue weighted by Crippen LogP contribution is -2.33. The summed E-state index contributed by atoms with van der Waals surface area (Å²) in [6, 6.07) is 10.3. The van der Waals surface area contributed by atoms with Crippen molar-refractivity contribution in [1.82, 2.24) is 0 Å². The molecule has 0 radical (unpaired) electrons. The lowest BCUT2D eigenvalue weighted by atomic mass is 9.70. The van der Waals surface area contributed by atoms with Crippen molar-refractivity contribution in [3.63, 3.8) is 0 Å². The average Bonchev–Trinajstić information content (AvgIpc) is 2.74. The third-order valence-electron chi connectivity index (χ3n) is 5.90. The van der Waals surface area contributed by atoms with Crippen LogP contribution in [0.15, 0.2) is 35.3 Å². The maximum absolute atomic E-state index is 12.7. The molecule has 2 saturated carbocycles. The molecule has 1 aromatic rings. The Morgan fingerprint density at radius 3 is 2.40 bits per heavy atom. The molecule has 2 aliphatic rings. The molecular weight excluding hydrogens is 246 g/mol. The molecule has 3 atom stereocenters. The summed E-state index contributed by atoms with van der Waals surface area (Å²) in [5, 5.41) is 0. The van der Waals surface area contributed by atoms with E-state index in [0.29, 0.717) is 11.7 Å². The predicted molar refractivity (Wildman–Crippen MR) is 81.9 cm³/mol. The van der Waals surface area contributed by atoms with Gasteiger partial charge in [-0.1, -0.05) is 51.1 Å². The molecule has 2 nitrogen and oxygen atoms in total. The highest BCUT2D eigenvalue weighted by Crippen LogP contribution is 2.62. The van der Waals surface area contributed by atoms with Gasteiger partial charge in [-0.15, -0.1) is 0 Å². The van der Waals surface area contributed by atoms with Gasteiger partial charge in [0, 0.05) is 11.3 Å². The summed E-state index contributed by atoms with van der Waals surface area (Å²) in [6.45, 7) is 8.68. The SMILES string of the molecule is C[C@@H](N=C1C(=O)[C@]2(C)CC[C@H]1C2(C)C)c1ccccc1. The predicted octanol–water partition coefficient (Wildman–Crippen LogP) is 4.21. The molecule has 2 bridgehead atoms. The third-order valence-corrected chi connectivity index (χ3v) is 5.90. The van der Waals surface area contributed by atoms with Crippen LogP contribution in [0.3, 0.4) is 0 Å². The van der Waals surface area contributed by atoms with Crippen LogP contribution >= 0.6 is 0 Å². The maximum Gasteiger partial charge on any atom is 0.183 e. The first-order valence-electron chi connectivity index (χ1n) is 7.55. The summed E-state index contributed by atoms with van der Waals surface area (Å²) in [4.78, 5) is 17.6. The van der Waals surface area contributed by atoms with Crippen LogP contribution in [-0.2, 0) is 4.79 Å². The molecule has 106 valence electrons. The quantitative estimate of drug-likeness (QED) is 0.790. The molecular formula is C18H23NO. The van der Waals surface area contributed by atoms with E-state index >= 15 is 0 Å². The van der Waals surface area contributed by atoms with Gasteiger partial charge >= 0.3 is 0 Å². The molecule has 0 heterocycles. The average molecular weight is 269 g/mol. The first kappa shape index (κ1) is 13.5. The van der Waals surface area contributed by atoms with Crippen LogP contribution in [0.25, 0.3) is 0 Å². The summed E-state index contributed by atoms with van der Waals surface area (Å²) < 4.78 is 0. The van der Waals surface area contributed by atoms with Crippen molar-refractivity contribution >= 4 is 11.5 Å². The van der Waals surface area contributed by atoms with Gasteiger partial charge in [0.25, 0.3) is 0 Å². The Kier molecular flexibility index (Phi) is 2.89. The topological polar surface area (TPSA) is 29.4 Å². The lowest BCUT2D eigenvalue weighted by molar-refractivity contribution is -0.123. The number of benzene rings is 1. The van der Waals surface area contributed by atoms with E-state index in [1.807, 2.05) is 18.2 Å². The number of hydrogen-bond donors (Lipinski definition) is 0. The molecule has 0 saturated heterocycles. The molecule has 0 aliphatic heterocycles. The molecule has 20 heavy (non-hydrogen) atoms. The smallest absolute Gasteiger partial charge is 0.183 e. The van der Waals surface area contributed by atoms with Crippen molar-refractivity contribution < 1.29 is 4.79 Å². The van der Waals surface area contributed by atoms with E-state index in [4.69, 9.17) is 4.99 Å². The van der Waals surface area contributed by atoms with Gasteiger partial charge in [0.15, 0.2) is 5.78 Å². The van der Waals surface area contributed by atoms with Crippen molar-refractivity contribution in [3.8, 4) is 0 Å². The van der Waals surface area contributed by atoms with Crippen molar-refractivity contribution in [2.45, 2.75) is 46.6 Å². The Balaban J connectivity index is 1.96. The van der Waals surface area contributed by atoms with Crippen LogP contribution in [0.2, 0.25) is 0 Å². The monoisotopic (exact) mass is 269 g/mol. The van der Waals surface area contributed by atoms with Crippen LogP contribution in [0.4, 0.5) is 0 Å². The summed E-state index contributed by atoms with van der Waals surface area (Å²) >= 11 is 0. The summed E-state index contributed by atoms with van der Waals surface area (Å²) in [7, 11) is 0. The van der Waals surface area contributed by atoms with Gasteiger partial charge < -0.3 is 0 Å². The first-order chi connectivity index (χ1) is 9.38. The van der Waals surface area contributed by atoms with Crippen LogP contribution in [0.1, 0.15) is 52.1 Å². The zero-order chi connectivity index (χ0) is 14.5. The van der Waals surface area contributed by atoms with Gasteiger partial charge in [-0.3, -0.25) is 9.79 Å². The highest BCUT2D eigenvalue weighted by molar-refractivity contribution is 6.45. The summed E-state index contributed by atoms with van der Waals surface area (Å²) in [5.74, 6) is 0.632. The maximum atomic E-state index is 12.7. The van der Waals surface area contributed by atoms with Gasteiger partial charge in [0.05, 0.1) is 11.8 Å². The Morgan fingerprint density at radius 1 is 1.20 bits per heavy atom. The van der Waals surface area contributed by atoms with Crippen LogP contribution in [0, 0.1) is 16.7 Å². The van der Waals surface area contributed by atoms with Crippen LogP contribution in [-0.4, -0.2) is 11.5 Å². The molecule has 1 aromatic carbocycles. The Morgan fingerprint density at radius 2 is 1.85 bits per heavy atom. The first-order valence-corrected chi connectivity index (χ1v) is 7.55. The van der Waals surface area contributed by atoms with E-state index in [2.05, 4.69) is 39.8 Å². The van der Waals surface area contributed by atoms with E-state index in [1.165, 1.54) is 5.56 Å². The Labute approximate surface area is 121 Å². The van der Waals surface area contributed by atoms with E-state index in [-0.39, 0.29) is 16.9 Å². The second-order valence-electron chi connectivity index (χ2n) is 7.08.